The molecular weight excluding hydrogens is 408 g/mol. The summed E-state index contributed by atoms with van der Waals surface area (Å²) in [5, 5.41) is 11.7. The Morgan fingerprint density at radius 1 is 1.12 bits per heavy atom. The first-order valence-corrected chi connectivity index (χ1v) is 10.7. The van der Waals surface area contributed by atoms with Crippen molar-refractivity contribution in [2.75, 3.05) is 38.8 Å². The van der Waals surface area contributed by atoms with Gasteiger partial charge in [-0.25, -0.2) is 4.98 Å². The summed E-state index contributed by atoms with van der Waals surface area (Å²) in [5.74, 6) is 2.91. The predicted molar refractivity (Wildman–Crippen MR) is 120 cm³/mol. The molecule has 32 heavy (non-hydrogen) atoms. The van der Waals surface area contributed by atoms with Crippen LogP contribution in [0.3, 0.4) is 0 Å². The van der Waals surface area contributed by atoms with Gasteiger partial charge < -0.3 is 19.7 Å². The van der Waals surface area contributed by atoms with Crippen molar-refractivity contribution in [3.63, 3.8) is 0 Å². The number of hydrogen-bond acceptors (Lipinski definition) is 7. The van der Waals surface area contributed by atoms with Crippen LogP contribution < -0.4 is 19.7 Å². The number of nitrogens with one attached hydrogen (secondary N) is 1. The smallest absolute Gasteiger partial charge is 0.224 e. The van der Waals surface area contributed by atoms with Gasteiger partial charge in [-0.3, -0.25) is 9.36 Å². The minimum absolute atomic E-state index is 0.0655. The summed E-state index contributed by atoms with van der Waals surface area (Å²) < 4.78 is 12.4. The molecule has 0 saturated carbocycles. The molecule has 0 radical (unpaired) electrons. The number of hydrogen-bond donors (Lipinski definition) is 1. The van der Waals surface area contributed by atoms with E-state index in [4.69, 9.17) is 9.47 Å². The average Bonchev–Trinajstić information content (AvgIpc) is 3.39. The highest BCUT2D eigenvalue weighted by Crippen LogP contribution is 2.27. The largest absolute Gasteiger partial charge is 0.493 e. The number of anilines is 1. The minimum Gasteiger partial charge on any atom is -0.493 e. The van der Waals surface area contributed by atoms with Gasteiger partial charge in [-0.15, -0.1) is 10.2 Å². The van der Waals surface area contributed by atoms with Crippen molar-refractivity contribution in [2.24, 2.45) is 5.92 Å². The number of imidazole rings is 1. The molecule has 3 aromatic rings. The number of aromatic nitrogens is 4. The molecule has 3 heterocycles. The molecule has 9 nitrogen and oxygen atoms in total. The molecule has 1 aromatic carbocycles. The third-order valence-electron chi connectivity index (χ3n) is 5.68. The van der Waals surface area contributed by atoms with Crippen molar-refractivity contribution in [3.05, 3.63) is 54.6 Å². The maximum atomic E-state index is 12.8. The quantitative estimate of drug-likeness (QED) is 0.579. The highest BCUT2D eigenvalue weighted by atomic mass is 16.5. The fraction of sp³-hybridized carbons (Fsp3) is 0.391. The lowest BCUT2D eigenvalue weighted by Crippen LogP contribution is -2.43. The number of amides is 1. The van der Waals surface area contributed by atoms with Crippen LogP contribution in [-0.2, 0) is 11.2 Å². The zero-order valence-corrected chi connectivity index (χ0v) is 18.4. The molecule has 1 saturated heterocycles. The van der Waals surface area contributed by atoms with Crippen LogP contribution in [0.25, 0.3) is 5.82 Å². The molecule has 1 aliphatic rings. The zero-order valence-electron chi connectivity index (χ0n) is 18.4. The molecule has 0 spiro atoms. The fourth-order valence-electron chi connectivity index (χ4n) is 3.93. The van der Waals surface area contributed by atoms with Gasteiger partial charge in [0.05, 0.1) is 20.1 Å². The second kappa shape index (κ2) is 10.1. The summed E-state index contributed by atoms with van der Waals surface area (Å²) in [6.07, 6.45) is 7.76. The average molecular weight is 437 g/mol. The highest BCUT2D eigenvalue weighted by molar-refractivity contribution is 5.79. The van der Waals surface area contributed by atoms with Crippen molar-refractivity contribution >= 4 is 11.7 Å². The first kappa shape index (κ1) is 21.6. The molecule has 1 atom stereocenters. The Hall–Kier alpha value is -3.62. The van der Waals surface area contributed by atoms with Gasteiger partial charge in [0.15, 0.2) is 23.1 Å². The van der Waals surface area contributed by atoms with Gasteiger partial charge in [0.25, 0.3) is 0 Å². The topological polar surface area (TPSA) is 94.4 Å². The van der Waals surface area contributed by atoms with Gasteiger partial charge in [0.2, 0.25) is 5.91 Å². The number of rotatable bonds is 8. The first-order chi connectivity index (χ1) is 15.7. The SMILES string of the molecule is COc1ccc(CCNC(=O)C2CCCN(c3ccc(-n4ccnc4)nn3)C2)cc1OC. The van der Waals surface area contributed by atoms with Crippen LogP contribution in [0.4, 0.5) is 5.82 Å². The summed E-state index contributed by atoms with van der Waals surface area (Å²) in [7, 11) is 3.23. The van der Waals surface area contributed by atoms with E-state index in [1.54, 1.807) is 26.7 Å². The molecule has 1 aliphatic heterocycles. The second-order valence-corrected chi connectivity index (χ2v) is 7.74. The molecule has 4 rings (SSSR count). The second-order valence-electron chi connectivity index (χ2n) is 7.74. The number of methoxy groups -OCH3 is 2. The fourth-order valence-corrected chi connectivity index (χ4v) is 3.93. The number of carbonyl (C=O) groups is 1. The third kappa shape index (κ3) is 4.99. The van der Waals surface area contributed by atoms with Gasteiger partial charge in [-0.05, 0) is 49.1 Å². The summed E-state index contributed by atoms with van der Waals surface area (Å²) >= 11 is 0. The molecule has 168 valence electrons. The van der Waals surface area contributed by atoms with Crippen LogP contribution in [0.5, 0.6) is 11.5 Å². The van der Waals surface area contributed by atoms with Crippen LogP contribution >= 0.6 is 0 Å². The van der Waals surface area contributed by atoms with Gasteiger partial charge >= 0.3 is 0 Å². The van der Waals surface area contributed by atoms with E-state index in [0.717, 1.165) is 37.2 Å². The zero-order chi connectivity index (χ0) is 22.3. The van der Waals surface area contributed by atoms with E-state index in [2.05, 4.69) is 25.4 Å². The Bertz CT molecular complexity index is 1020. The maximum Gasteiger partial charge on any atom is 0.224 e. The number of carbonyl (C=O) groups excluding carboxylic acids is 1. The highest BCUT2D eigenvalue weighted by Gasteiger charge is 2.26. The van der Waals surface area contributed by atoms with E-state index in [1.165, 1.54) is 0 Å². The Balaban J connectivity index is 1.30. The van der Waals surface area contributed by atoms with Gasteiger partial charge in [-0.1, -0.05) is 6.07 Å². The third-order valence-corrected chi connectivity index (χ3v) is 5.68. The van der Waals surface area contributed by atoms with E-state index >= 15 is 0 Å². The summed E-state index contributed by atoms with van der Waals surface area (Å²) in [6, 6.07) is 9.67. The molecule has 1 fully saturated rings. The van der Waals surface area contributed by atoms with E-state index in [-0.39, 0.29) is 11.8 Å². The molecule has 1 N–H and O–H groups in total. The van der Waals surface area contributed by atoms with E-state index in [0.29, 0.717) is 30.4 Å². The predicted octanol–water partition coefficient (Wildman–Crippen LogP) is 2.25. The van der Waals surface area contributed by atoms with Crippen molar-refractivity contribution in [1.82, 2.24) is 25.1 Å². The number of piperidine rings is 1. The van der Waals surface area contributed by atoms with Crippen LogP contribution in [0.1, 0.15) is 18.4 Å². The Kier molecular flexibility index (Phi) is 6.84. The van der Waals surface area contributed by atoms with E-state index in [1.807, 2.05) is 41.1 Å². The number of nitrogens with zero attached hydrogens (tertiary/aromatic N) is 5. The van der Waals surface area contributed by atoms with Gasteiger partial charge in [0, 0.05) is 32.0 Å². The lowest BCUT2D eigenvalue weighted by Gasteiger charge is -2.32. The van der Waals surface area contributed by atoms with Crippen LogP contribution in [0.2, 0.25) is 0 Å². The normalized spacial score (nSPS) is 15.9. The Morgan fingerprint density at radius 2 is 1.94 bits per heavy atom. The first-order valence-electron chi connectivity index (χ1n) is 10.7. The van der Waals surface area contributed by atoms with Crippen LogP contribution in [0, 0.1) is 5.92 Å². The van der Waals surface area contributed by atoms with Crippen molar-refractivity contribution < 1.29 is 14.3 Å². The lowest BCUT2D eigenvalue weighted by molar-refractivity contribution is -0.125. The molecule has 1 amide bonds. The summed E-state index contributed by atoms with van der Waals surface area (Å²) in [6.45, 7) is 2.08. The van der Waals surface area contributed by atoms with E-state index in [9.17, 15) is 4.79 Å². The standard InChI is InChI=1S/C23H28N6O3/c1-31-19-6-5-17(14-20(19)32-2)9-10-25-23(30)18-4-3-12-28(15-18)21-7-8-22(27-26-21)29-13-11-24-16-29/h5-8,11,13-14,16,18H,3-4,9-10,12,15H2,1-2H3,(H,25,30). The van der Waals surface area contributed by atoms with E-state index < -0.39 is 0 Å². The maximum absolute atomic E-state index is 12.8. The lowest BCUT2D eigenvalue weighted by atomic mass is 9.97. The minimum atomic E-state index is -0.0655. The monoisotopic (exact) mass is 436 g/mol. The molecular formula is C23H28N6O3. The Morgan fingerprint density at radius 3 is 2.66 bits per heavy atom. The molecule has 1 unspecified atom stereocenters. The van der Waals surface area contributed by atoms with Gasteiger partial charge in [0.1, 0.15) is 6.33 Å². The molecule has 9 heteroatoms. The van der Waals surface area contributed by atoms with Crippen LogP contribution in [-0.4, -0.2) is 59.5 Å². The Labute approximate surface area is 187 Å². The van der Waals surface area contributed by atoms with Crippen molar-refractivity contribution in [2.45, 2.75) is 19.3 Å². The number of benzene rings is 1. The molecule has 0 bridgehead atoms. The van der Waals surface area contributed by atoms with Gasteiger partial charge in [-0.2, -0.15) is 0 Å². The van der Waals surface area contributed by atoms with Crippen LogP contribution in [0.15, 0.2) is 49.1 Å². The summed E-state index contributed by atoms with van der Waals surface area (Å²) in [5.41, 5.74) is 1.08. The molecule has 0 aliphatic carbocycles. The van der Waals surface area contributed by atoms with Crippen molar-refractivity contribution in [1.29, 1.82) is 0 Å². The van der Waals surface area contributed by atoms with Crippen molar-refractivity contribution in [3.8, 4) is 17.3 Å². The number of ether oxygens (including phenoxy) is 2. The summed E-state index contributed by atoms with van der Waals surface area (Å²) in [4.78, 5) is 18.9. The molecule has 2 aromatic heterocycles.